The highest BCUT2D eigenvalue weighted by molar-refractivity contribution is 7.11. The quantitative estimate of drug-likeness (QED) is 0.350. The summed E-state index contributed by atoms with van der Waals surface area (Å²) in [4.78, 5) is 14.1. The molecule has 2 heterocycles. The number of para-hydroxylation sites is 1. The fraction of sp³-hybridized carbons (Fsp3) is 0.586. The molecule has 5 heteroatoms. The second-order valence-corrected chi connectivity index (χ2v) is 11.0. The number of benzene rings is 1. The Bertz CT molecular complexity index is 989. The molecule has 1 saturated carbocycles. The molecule has 1 N–H and O–H groups in total. The first-order valence-corrected chi connectivity index (χ1v) is 14.1. The molecule has 0 bridgehead atoms. The van der Waals surface area contributed by atoms with E-state index in [1.54, 1.807) is 0 Å². The third-order valence-electron chi connectivity index (χ3n) is 6.83. The van der Waals surface area contributed by atoms with Crippen LogP contribution in [0.5, 0.6) is 0 Å². The molecule has 1 aromatic carbocycles. The molecule has 0 atom stereocenters. The summed E-state index contributed by atoms with van der Waals surface area (Å²) in [5, 5.41) is 4.78. The SMILES string of the molecule is CCCC1CCC(CNCc2ccc(CC)s2)CC1.CCc1nc(N(C)C)c2ccccc2n1. The monoisotopic (exact) mass is 480 g/mol. The van der Waals surface area contributed by atoms with Crippen LogP contribution in [0.15, 0.2) is 36.4 Å². The van der Waals surface area contributed by atoms with Gasteiger partial charge in [-0.15, -0.1) is 11.3 Å². The average molecular weight is 481 g/mol. The molecule has 0 amide bonds. The molecule has 0 unspecified atom stereocenters. The summed E-state index contributed by atoms with van der Waals surface area (Å²) < 4.78 is 0. The van der Waals surface area contributed by atoms with Crippen molar-refractivity contribution in [2.45, 2.75) is 78.7 Å². The first-order valence-electron chi connectivity index (χ1n) is 13.2. The third kappa shape index (κ3) is 7.78. The van der Waals surface area contributed by atoms with Crippen molar-refractivity contribution < 1.29 is 0 Å². The minimum Gasteiger partial charge on any atom is -0.362 e. The predicted octanol–water partition coefficient (Wildman–Crippen LogP) is 7.26. The van der Waals surface area contributed by atoms with Gasteiger partial charge in [-0.1, -0.05) is 58.6 Å². The van der Waals surface area contributed by atoms with Gasteiger partial charge in [-0.05, 0) is 61.9 Å². The van der Waals surface area contributed by atoms with Crippen molar-refractivity contribution in [1.29, 1.82) is 0 Å². The zero-order chi connectivity index (χ0) is 24.3. The number of fused-ring (bicyclic) bond motifs is 1. The van der Waals surface area contributed by atoms with E-state index in [9.17, 15) is 0 Å². The summed E-state index contributed by atoms with van der Waals surface area (Å²) in [5.74, 6) is 3.86. The van der Waals surface area contributed by atoms with E-state index in [2.05, 4.69) is 54.3 Å². The minimum absolute atomic E-state index is 0.867. The van der Waals surface area contributed by atoms with Crippen LogP contribution in [0.4, 0.5) is 5.82 Å². The Kier molecular flexibility index (Phi) is 10.8. The maximum Gasteiger partial charge on any atom is 0.139 e. The molecule has 0 spiro atoms. The Morgan fingerprint density at radius 1 is 0.882 bits per heavy atom. The van der Waals surface area contributed by atoms with Gasteiger partial charge in [0.1, 0.15) is 11.6 Å². The Morgan fingerprint density at radius 2 is 1.59 bits per heavy atom. The molecule has 1 fully saturated rings. The first kappa shape index (κ1) is 26.6. The van der Waals surface area contributed by atoms with Crippen molar-refractivity contribution in [1.82, 2.24) is 15.3 Å². The summed E-state index contributed by atoms with van der Waals surface area (Å²) in [6, 6.07) is 12.7. The van der Waals surface area contributed by atoms with Crippen LogP contribution in [0.25, 0.3) is 10.9 Å². The Morgan fingerprint density at radius 3 is 2.24 bits per heavy atom. The highest BCUT2D eigenvalue weighted by Gasteiger charge is 2.20. The number of anilines is 1. The fourth-order valence-corrected chi connectivity index (χ4v) is 5.77. The summed E-state index contributed by atoms with van der Waals surface area (Å²) in [5.41, 5.74) is 1.02. The van der Waals surface area contributed by atoms with E-state index in [0.717, 1.165) is 47.3 Å². The van der Waals surface area contributed by atoms with Crippen molar-refractivity contribution >= 4 is 28.1 Å². The second-order valence-electron chi connectivity index (χ2n) is 9.76. The van der Waals surface area contributed by atoms with Gasteiger partial charge >= 0.3 is 0 Å². The van der Waals surface area contributed by atoms with Gasteiger partial charge in [-0.25, -0.2) is 9.97 Å². The van der Waals surface area contributed by atoms with E-state index < -0.39 is 0 Å². The maximum absolute atomic E-state index is 4.53. The molecule has 186 valence electrons. The zero-order valence-electron chi connectivity index (χ0n) is 21.9. The highest BCUT2D eigenvalue weighted by atomic mass is 32.1. The van der Waals surface area contributed by atoms with E-state index in [1.807, 2.05) is 48.5 Å². The second kappa shape index (κ2) is 13.8. The van der Waals surface area contributed by atoms with E-state index in [1.165, 1.54) is 61.2 Å². The molecule has 1 aliphatic carbocycles. The van der Waals surface area contributed by atoms with E-state index >= 15 is 0 Å². The molecule has 0 aliphatic heterocycles. The summed E-state index contributed by atoms with van der Waals surface area (Å²) >= 11 is 1.96. The lowest BCUT2D eigenvalue weighted by molar-refractivity contribution is 0.256. The average Bonchev–Trinajstić information content (AvgIpc) is 3.33. The van der Waals surface area contributed by atoms with Gasteiger partial charge in [-0.3, -0.25) is 0 Å². The lowest BCUT2D eigenvalue weighted by Gasteiger charge is -2.28. The first-order chi connectivity index (χ1) is 16.5. The van der Waals surface area contributed by atoms with Crippen molar-refractivity contribution in [3.63, 3.8) is 0 Å². The number of hydrogen-bond acceptors (Lipinski definition) is 5. The minimum atomic E-state index is 0.867. The van der Waals surface area contributed by atoms with Crippen molar-refractivity contribution in [3.05, 3.63) is 52.0 Å². The molecule has 34 heavy (non-hydrogen) atoms. The van der Waals surface area contributed by atoms with Crippen LogP contribution in [0, 0.1) is 11.8 Å². The normalized spacial score (nSPS) is 17.9. The van der Waals surface area contributed by atoms with Crippen LogP contribution in [-0.2, 0) is 19.4 Å². The van der Waals surface area contributed by atoms with Crippen LogP contribution in [-0.4, -0.2) is 30.6 Å². The lowest BCUT2D eigenvalue weighted by Crippen LogP contribution is -2.26. The number of nitrogens with zero attached hydrogens (tertiary/aromatic N) is 3. The van der Waals surface area contributed by atoms with Gasteiger partial charge in [-0.2, -0.15) is 0 Å². The molecule has 3 aromatic rings. The third-order valence-corrected chi connectivity index (χ3v) is 8.06. The van der Waals surface area contributed by atoms with Crippen molar-refractivity contribution in [2.24, 2.45) is 11.8 Å². The molecule has 1 aliphatic rings. The van der Waals surface area contributed by atoms with E-state index in [0.29, 0.717) is 0 Å². The standard InChI is InChI=1S/C17H29NS.C12H15N3/c1-3-5-14-6-8-15(9-7-14)12-18-13-17-11-10-16(4-2)19-17;1-4-11-13-10-8-6-5-7-9(10)12(14-11)15(2)3/h10-11,14-15,18H,3-9,12-13H2,1-2H3;5-8H,4H2,1-3H3. The Labute approximate surface area is 211 Å². The summed E-state index contributed by atoms with van der Waals surface area (Å²) in [6.45, 7) is 8.92. The Balaban J connectivity index is 0.000000196. The van der Waals surface area contributed by atoms with Crippen LogP contribution in [0.2, 0.25) is 0 Å². The molecule has 0 radical (unpaired) electrons. The van der Waals surface area contributed by atoms with Gasteiger partial charge in [0, 0.05) is 42.2 Å². The smallest absolute Gasteiger partial charge is 0.139 e. The number of hydrogen-bond donors (Lipinski definition) is 1. The number of nitrogens with one attached hydrogen (secondary N) is 1. The number of aromatic nitrogens is 2. The van der Waals surface area contributed by atoms with E-state index in [4.69, 9.17) is 0 Å². The molecular formula is C29H44N4S. The predicted molar refractivity (Wildman–Crippen MR) is 149 cm³/mol. The number of rotatable bonds is 9. The zero-order valence-corrected chi connectivity index (χ0v) is 22.8. The molecule has 2 aromatic heterocycles. The van der Waals surface area contributed by atoms with Gasteiger partial charge in [0.25, 0.3) is 0 Å². The van der Waals surface area contributed by atoms with Crippen LogP contribution in [0.3, 0.4) is 0 Å². The number of aryl methyl sites for hydroxylation is 2. The fourth-order valence-electron chi connectivity index (χ4n) is 4.85. The molecule has 4 rings (SSSR count). The topological polar surface area (TPSA) is 41.1 Å². The lowest BCUT2D eigenvalue weighted by atomic mass is 9.80. The summed E-state index contributed by atoms with van der Waals surface area (Å²) in [7, 11) is 4.02. The van der Waals surface area contributed by atoms with E-state index in [-0.39, 0.29) is 0 Å². The van der Waals surface area contributed by atoms with Gasteiger partial charge < -0.3 is 10.2 Å². The van der Waals surface area contributed by atoms with Gasteiger partial charge in [0.15, 0.2) is 0 Å². The summed E-state index contributed by atoms with van der Waals surface area (Å²) in [6.07, 6.45) is 10.7. The van der Waals surface area contributed by atoms with Crippen LogP contribution >= 0.6 is 11.3 Å². The molecule has 4 nitrogen and oxygen atoms in total. The highest BCUT2D eigenvalue weighted by Crippen LogP contribution is 2.31. The molecule has 0 saturated heterocycles. The largest absolute Gasteiger partial charge is 0.362 e. The van der Waals surface area contributed by atoms with Crippen molar-refractivity contribution in [2.75, 3.05) is 25.5 Å². The number of thiophene rings is 1. The van der Waals surface area contributed by atoms with Crippen molar-refractivity contribution in [3.8, 4) is 0 Å². The van der Waals surface area contributed by atoms with Crippen LogP contribution in [0.1, 0.15) is 74.9 Å². The maximum atomic E-state index is 4.53. The van der Waals surface area contributed by atoms with Gasteiger partial charge in [0.05, 0.1) is 5.52 Å². The van der Waals surface area contributed by atoms with Gasteiger partial charge in [0.2, 0.25) is 0 Å². The molecular weight excluding hydrogens is 436 g/mol. The van der Waals surface area contributed by atoms with Crippen LogP contribution < -0.4 is 10.2 Å². The Hall–Kier alpha value is -1.98.